The Morgan fingerprint density at radius 2 is 2.10 bits per heavy atom. The molecule has 0 saturated carbocycles. The van der Waals surface area contributed by atoms with E-state index in [1.54, 1.807) is 0 Å². The number of primary sulfonamides is 1. The molecule has 1 amide bonds. The second kappa shape index (κ2) is 5.16. The van der Waals surface area contributed by atoms with Gasteiger partial charge in [0.25, 0.3) is 10.0 Å². The normalized spacial score (nSPS) is 21.6. The summed E-state index contributed by atoms with van der Waals surface area (Å²) in [6.45, 7) is 1.08. The molecule has 0 radical (unpaired) electrons. The molecule has 5 N–H and O–H groups in total. The van der Waals surface area contributed by atoms with Gasteiger partial charge < -0.3 is 5.73 Å². The molecular formula is C10H12FN5O3S2. The molecule has 21 heavy (non-hydrogen) atoms. The molecule has 1 aliphatic rings. The van der Waals surface area contributed by atoms with Crippen LogP contribution in [0.15, 0.2) is 29.4 Å². The molecule has 0 spiro atoms. The molecule has 8 nitrogen and oxygen atoms in total. The van der Waals surface area contributed by atoms with E-state index >= 15 is 0 Å². The number of benzene rings is 1. The van der Waals surface area contributed by atoms with Crippen LogP contribution in [0.2, 0.25) is 0 Å². The Bertz CT molecular complexity index is 723. The molecule has 11 heteroatoms. The lowest BCUT2D eigenvalue weighted by atomic mass is 10.3. The average molecular weight is 333 g/mol. The van der Waals surface area contributed by atoms with Crippen molar-refractivity contribution < 1.29 is 17.6 Å². The molecule has 0 bridgehead atoms. The number of thioether (sulfide) groups is 1. The highest BCUT2D eigenvalue weighted by atomic mass is 32.3. The first-order valence-corrected chi connectivity index (χ1v) is 7.92. The van der Waals surface area contributed by atoms with E-state index in [1.807, 2.05) is 0 Å². The smallest absolute Gasteiger partial charge is 0.306 e. The van der Waals surface area contributed by atoms with E-state index in [0.29, 0.717) is 16.7 Å². The molecular weight excluding hydrogens is 321 g/mol. The zero-order valence-electron chi connectivity index (χ0n) is 10.8. The minimum Gasteiger partial charge on any atom is -0.377 e. The third-order valence-corrected chi connectivity index (χ3v) is 5.48. The predicted octanol–water partition coefficient (Wildman–Crippen LogP) is -0.355. The lowest BCUT2D eigenvalue weighted by molar-refractivity contribution is -0.117. The SMILES string of the molecule is CC(=O)N(c1ccccc1F)C1(S(N)(=O)=O)NN=C(N)S1. The van der Waals surface area contributed by atoms with E-state index in [-0.39, 0.29) is 10.9 Å². The molecule has 1 heterocycles. The molecule has 0 saturated heterocycles. The van der Waals surface area contributed by atoms with Gasteiger partial charge in [-0.05, 0) is 23.9 Å². The van der Waals surface area contributed by atoms with Crippen molar-refractivity contribution in [2.75, 3.05) is 4.90 Å². The Labute approximate surface area is 124 Å². The first-order valence-electron chi connectivity index (χ1n) is 5.56. The van der Waals surface area contributed by atoms with Crippen molar-refractivity contribution >= 4 is 38.5 Å². The molecule has 0 fully saturated rings. The molecule has 1 unspecified atom stereocenters. The van der Waals surface area contributed by atoms with E-state index < -0.39 is 26.1 Å². The number of nitrogens with two attached hydrogens (primary N) is 2. The number of anilines is 1. The molecule has 0 aliphatic carbocycles. The number of hydrogen-bond acceptors (Lipinski definition) is 7. The van der Waals surface area contributed by atoms with Crippen molar-refractivity contribution in [3.05, 3.63) is 30.1 Å². The van der Waals surface area contributed by atoms with Gasteiger partial charge in [-0.15, -0.1) is 0 Å². The van der Waals surface area contributed by atoms with Gasteiger partial charge in [0.05, 0.1) is 5.69 Å². The zero-order valence-corrected chi connectivity index (χ0v) is 12.4. The fraction of sp³-hybridized carbons (Fsp3) is 0.200. The molecule has 0 aromatic heterocycles. The number of halogens is 1. The van der Waals surface area contributed by atoms with E-state index in [0.717, 1.165) is 13.0 Å². The number of carbonyl (C=O) groups is 1. The molecule has 2 rings (SSSR count). The number of rotatable bonds is 3. The Morgan fingerprint density at radius 1 is 1.48 bits per heavy atom. The van der Waals surface area contributed by atoms with Gasteiger partial charge in [0.2, 0.25) is 5.91 Å². The maximum absolute atomic E-state index is 14.0. The van der Waals surface area contributed by atoms with Crippen molar-refractivity contribution in [3.8, 4) is 0 Å². The average Bonchev–Trinajstić information content (AvgIpc) is 2.74. The lowest BCUT2D eigenvalue weighted by Gasteiger charge is -2.36. The number of hydrazone groups is 1. The Balaban J connectivity index is 2.66. The number of hydrogen-bond donors (Lipinski definition) is 3. The summed E-state index contributed by atoms with van der Waals surface area (Å²) in [6.07, 6.45) is 0. The molecule has 114 valence electrons. The number of amidine groups is 1. The topological polar surface area (TPSA) is 131 Å². The van der Waals surface area contributed by atoms with Crippen LogP contribution in [0, 0.1) is 5.82 Å². The summed E-state index contributed by atoms with van der Waals surface area (Å²) >= 11 is 0.502. The van der Waals surface area contributed by atoms with Crippen LogP contribution in [0.5, 0.6) is 0 Å². The summed E-state index contributed by atoms with van der Waals surface area (Å²) in [5, 5.41) is 8.61. The minimum absolute atomic E-state index is 0.147. The lowest BCUT2D eigenvalue weighted by Crippen LogP contribution is -2.63. The van der Waals surface area contributed by atoms with Crippen molar-refractivity contribution in [2.24, 2.45) is 16.0 Å². The largest absolute Gasteiger partial charge is 0.377 e. The van der Waals surface area contributed by atoms with Crippen LogP contribution in [0.4, 0.5) is 10.1 Å². The van der Waals surface area contributed by atoms with Gasteiger partial charge >= 0.3 is 4.33 Å². The van der Waals surface area contributed by atoms with E-state index in [1.165, 1.54) is 18.2 Å². The molecule has 1 aromatic rings. The van der Waals surface area contributed by atoms with Crippen LogP contribution in [-0.2, 0) is 14.8 Å². The van der Waals surface area contributed by atoms with E-state index in [9.17, 15) is 17.6 Å². The van der Waals surface area contributed by atoms with Gasteiger partial charge in [-0.3, -0.25) is 15.1 Å². The van der Waals surface area contributed by atoms with Crippen molar-refractivity contribution in [1.29, 1.82) is 0 Å². The number of amides is 1. The summed E-state index contributed by atoms with van der Waals surface area (Å²) in [7, 11) is -4.41. The maximum atomic E-state index is 14.0. The van der Waals surface area contributed by atoms with Crippen molar-refractivity contribution in [1.82, 2.24) is 5.43 Å². The van der Waals surface area contributed by atoms with E-state index in [2.05, 4.69) is 10.5 Å². The van der Waals surface area contributed by atoms with Gasteiger partial charge in [0, 0.05) is 6.92 Å². The van der Waals surface area contributed by atoms with Crippen LogP contribution >= 0.6 is 11.8 Å². The monoisotopic (exact) mass is 333 g/mol. The van der Waals surface area contributed by atoms with Gasteiger partial charge in [0.15, 0.2) is 5.17 Å². The highest BCUT2D eigenvalue weighted by Crippen LogP contribution is 2.39. The van der Waals surface area contributed by atoms with Gasteiger partial charge in [-0.1, -0.05) is 12.1 Å². The quantitative estimate of drug-likeness (QED) is 0.692. The predicted molar refractivity (Wildman–Crippen MR) is 77.7 cm³/mol. The summed E-state index contributed by atoms with van der Waals surface area (Å²) < 4.78 is 35.7. The molecule has 1 aromatic carbocycles. The fourth-order valence-electron chi connectivity index (χ4n) is 1.83. The van der Waals surface area contributed by atoms with E-state index in [4.69, 9.17) is 10.9 Å². The van der Waals surface area contributed by atoms with Crippen LogP contribution in [0.25, 0.3) is 0 Å². The second-order valence-electron chi connectivity index (χ2n) is 4.10. The van der Waals surface area contributed by atoms with Crippen LogP contribution in [0.3, 0.4) is 0 Å². The first-order chi connectivity index (χ1) is 9.69. The Kier molecular flexibility index (Phi) is 3.82. The summed E-state index contributed by atoms with van der Waals surface area (Å²) in [5.41, 5.74) is 7.42. The Morgan fingerprint density at radius 3 is 2.52 bits per heavy atom. The number of carbonyl (C=O) groups excluding carboxylic acids is 1. The van der Waals surface area contributed by atoms with Gasteiger partial charge in [-0.2, -0.15) is 5.10 Å². The highest BCUT2D eigenvalue weighted by Gasteiger charge is 2.55. The number of nitrogens with one attached hydrogen (secondary N) is 1. The third-order valence-electron chi connectivity index (χ3n) is 2.64. The maximum Gasteiger partial charge on any atom is 0.306 e. The minimum atomic E-state index is -4.41. The van der Waals surface area contributed by atoms with Crippen LogP contribution < -0.4 is 21.2 Å². The van der Waals surface area contributed by atoms with Crippen LogP contribution in [-0.4, -0.2) is 23.8 Å². The van der Waals surface area contributed by atoms with Crippen molar-refractivity contribution in [2.45, 2.75) is 11.3 Å². The summed E-state index contributed by atoms with van der Waals surface area (Å²) in [6, 6.07) is 5.20. The molecule has 1 aliphatic heterocycles. The summed E-state index contributed by atoms with van der Waals surface area (Å²) in [4.78, 5) is 12.6. The number of nitrogens with zero attached hydrogens (tertiary/aromatic N) is 2. The number of sulfonamides is 1. The van der Waals surface area contributed by atoms with Gasteiger partial charge in [0.1, 0.15) is 5.82 Å². The highest BCUT2D eigenvalue weighted by molar-refractivity contribution is 8.23. The summed E-state index contributed by atoms with van der Waals surface area (Å²) in [5.74, 6) is -1.54. The standard InChI is InChI=1S/C10H12FN5O3S2/c1-6(17)16(8-5-3-2-4-7(8)11)10(21(13,18)19)15-14-9(12)20-10/h2-5,15H,1H3,(H2,12,14)(H2,13,18,19). The zero-order chi connectivity index (χ0) is 15.8. The van der Waals surface area contributed by atoms with Crippen molar-refractivity contribution in [3.63, 3.8) is 0 Å². The van der Waals surface area contributed by atoms with Gasteiger partial charge in [-0.25, -0.2) is 17.9 Å². The molecule has 1 atom stereocenters. The third kappa shape index (κ3) is 2.54. The first kappa shape index (κ1) is 15.5. The second-order valence-corrected chi connectivity index (χ2v) is 7.25. The fourth-order valence-corrected chi connectivity index (χ4v) is 3.99. The number of para-hydroxylation sites is 1. The Hall–Kier alpha value is -1.85. The van der Waals surface area contributed by atoms with Crippen LogP contribution in [0.1, 0.15) is 6.92 Å².